The first kappa shape index (κ1) is 16.5. The van der Waals surface area contributed by atoms with E-state index in [9.17, 15) is 10.2 Å². The van der Waals surface area contributed by atoms with E-state index >= 15 is 0 Å². The maximum atomic E-state index is 9.84. The average molecular weight is 329 g/mol. The summed E-state index contributed by atoms with van der Waals surface area (Å²) in [5, 5.41) is 23.0. The molecular weight excluding hydrogens is 306 g/mol. The lowest BCUT2D eigenvalue weighted by atomic mass is 9.89. The Morgan fingerprint density at radius 2 is 1.83 bits per heavy atom. The summed E-state index contributed by atoms with van der Waals surface area (Å²) in [6, 6.07) is 7.49. The molecule has 1 aliphatic rings. The van der Waals surface area contributed by atoms with Crippen LogP contribution in [0.25, 0.3) is 0 Å². The average Bonchev–Trinajstić information content (AvgIpc) is 2.56. The Labute approximate surface area is 141 Å². The van der Waals surface area contributed by atoms with Crippen molar-refractivity contribution in [3.63, 3.8) is 0 Å². The van der Waals surface area contributed by atoms with Crippen LogP contribution in [0, 0.1) is 6.92 Å². The first-order valence-electron chi connectivity index (χ1n) is 8.03. The maximum absolute atomic E-state index is 9.84. The Morgan fingerprint density at radius 3 is 2.54 bits per heavy atom. The summed E-state index contributed by atoms with van der Waals surface area (Å²) < 4.78 is 10.8. The number of rotatable bonds is 4. The summed E-state index contributed by atoms with van der Waals surface area (Å²) in [6.07, 6.45) is 1.60. The summed E-state index contributed by atoms with van der Waals surface area (Å²) in [5.74, 6) is 1.33. The predicted molar refractivity (Wildman–Crippen MR) is 92.2 cm³/mol. The van der Waals surface area contributed by atoms with E-state index in [1.807, 2.05) is 13.0 Å². The van der Waals surface area contributed by atoms with Gasteiger partial charge in [-0.3, -0.25) is 0 Å². The number of fused-ring (bicyclic) bond motifs is 1. The number of aromatic hydroxyl groups is 2. The molecule has 0 saturated heterocycles. The topological polar surface area (TPSA) is 71.0 Å². The quantitative estimate of drug-likeness (QED) is 0.753. The second kappa shape index (κ2) is 6.61. The summed E-state index contributed by atoms with van der Waals surface area (Å²) in [6.45, 7) is 2.84. The molecule has 24 heavy (non-hydrogen) atoms. The Hall–Kier alpha value is -2.40. The molecule has 1 heterocycles. The normalized spacial score (nSPS) is 16.5. The third-order valence-corrected chi connectivity index (χ3v) is 4.56. The zero-order valence-corrected chi connectivity index (χ0v) is 14.2. The number of phenols is 2. The van der Waals surface area contributed by atoms with Gasteiger partial charge >= 0.3 is 0 Å². The van der Waals surface area contributed by atoms with Crippen LogP contribution in [0.1, 0.15) is 28.3 Å². The summed E-state index contributed by atoms with van der Waals surface area (Å²) in [5.41, 5.74) is 4.26. The largest absolute Gasteiger partial charge is 0.504 e. The van der Waals surface area contributed by atoms with E-state index in [0.29, 0.717) is 0 Å². The number of hydrogen-bond acceptors (Lipinski definition) is 5. The molecule has 0 aliphatic carbocycles. The van der Waals surface area contributed by atoms with Crippen molar-refractivity contribution in [3.8, 4) is 23.0 Å². The molecular formula is C19H23NO4. The standard InChI is InChI=1S/C19H23NO4/c1-11-6-12(8-18(23-2)19(11)24-3)7-15-14-10-17(22)16(21)9-13(14)4-5-20-15/h6,8-10,15,20-22H,4-5,7H2,1-3H3. The summed E-state index contributed by atoms with van der Waals surface area (Å²) in [7, 11) is 3.27. The van der Waals surface area contributed by atoms with Gasteiger partial charge < -0.3 is 25.0 Å². The first-order chi connectivity index (χ1) is 11.5. The number of ether oxygens (including phenoxy) is 2. The van der Waals surface area contributed by atoms with E-state index in [1.165, 1.54) is 0 Å². The third kappa shape index (κ3) is 2.99. The Balaban J connectivity index is 1.93. The van der Waals surface area contributed by atoms with Crippen LogP contribution in [-0.4, -0.2) is 31.0 Å². The minimum absolute atomic E-state index is 0.0589. The van der Waals surface area contributed by atoms with E-state index in [4.69, 9.17) is 9.47 Å². The van der Waals surface area contributed by atoms with Crippen LogP contribution < -0.4 is 14.8 Å². The van der Waals surface area contributed by atoms with Crippen molar-refractivity contribution < 1.29 is 19.7 Å². The van der Waals surface area contributed by atoms with E-state index in [-0.39, 0.29) is 17.5 Å². The third-order valence-electron chi connectivity index (χ3n) is 4.56. The van der Waals surface area contributed by atoms with Gasteiger partial charge in [-0.1, -0.05) is 6.07 Å². The molecule has 0 fully saturated rings. The van der Waals surface area contributed by atoms with Gasteiger partial charge in [0.2, 0.25) is 0 Å². The van der Waals surface area contributed by atoms with Crippen LogP contribution in [0.15, 0.2) is 24.3 Å². The molecule has 0 saturated carbocycles. The number of nitrogens with one attached hydrogen (secondary N) is 1. The number of aryl methyl sites for hydroxylation is 1. The highest BCUT2D eigenvalue weighted by Crippen LogP contribution is 2.37. The van der Waals surface area contributed by atoms with Crippen LogP contribution in [0.3, 0.4) is 0 Å². The van der Waals surface area contributed by atoms with Crippen molar-refractivity contribution in [2.45, 2.75) is 25.8 Å². The van der Waals surface area contributed by atoms with Gasteiger partial charge in [0, 0.05) is 6.04 Å². The van der Waals surface area contributed by atoms with E-state index in [0.717, 1.165) is 53.1 Å². The van der Waals surface area contributed by atoms with E-state index in [2.05, 4.69) is 11.4 Å². The number of hydrogen-bond donors (Lipinski definition) is 3. The molecule has 1 atom stereocenters. The number of benzene rings is 2. The van der Waals surface area contributed by atoms with E-state index in [1.54, 1.807) is 26.4 Å². The van der Waals surface area contributed by atoms with Crippen LogP contribution in [-0.2, 0) is 12.8 Å². The monoisotopic (exact) mass is 329 g/mol. The molecule has 2 aromatic rings. The fraction of sp³-hybridized carbons (Fsp3) is 0.368. The first-order valence-corrected chi connectivity index (χ1v) is 8.03. The van der Waals surface area contributed by atoms with Crippen molar-refractivity contribution in [1.82, 2.24) is 5.32 Å². The Morgan fingerprint density at radius 1 is 1.08 bits per heavy atom. The van der Waals surface area contributed by atoms with Gasteiger partial charge in [0.25, 0.3) is 0 Å². The fourth-order valence-corrected chi connectivity index (χ4v) is 3.43. The van der Waals surface area contributed by atoms with Crippen molar-refractivity contribution in [2.75, 3.05) is 20.8 Å². The Bertz CT molecular complexity index is 758. The van der Waals surface area contributed by atoms with E-state index < -0.39 is 0 Å². The van der Waals surface area contributed by atoms with Gasteiger partial charge in [0.05, 0.1) is 14.2 Å². The van der Waals surface area contributed by atoms with Crippen molar-refractivity contribution in [2.24, 2.45) is 0 Å². The molecule has 5 nitrogen and oxygen atoms in total. The van der Waals surface area contributed by atoms with Gasteiger partial charge in [-0.2, -0.15) is 0 Å². The SMILES string of the molecule is COc1cc(CC2NCCc3cc(O)c(O)cc32)cc(C)c1OC. The molecule has 1 aliphatic heterocycles. The lowest BCUT2D eigenvalue weighted by Gasteiger charge is -2.28. The van der Waals surface area contributed by atoms with Crippen LogP contribution in [0.2, 0.25) is 0 Å². The second-order valence-electron chi connectivity index (χ2n) is 6.15. The molecule has 2 aromatic carbocycles. The summed E-state index contributed by atoms with van der Waals surface area (Å²) >= 11 is 0. The zero-order chi connectivity index (χ0) is 17.3. The summed E-state index contributed by atoms with van der Waals surface area (Å²) in [4.78, 5) is 0. The number of methoxy groups -OCH3 is 2. The van der Waals surface area contributed by atoms with Gasteiger partial charge in [0.15, 0.2) is 23.0 Å². The molecule has 1 unspecified atom stereocenters. The van der Waals surface area contributed by atoms with Crippen molar-refractivity contribution in [1.29, 1.82) is 0 Å². The highest BCUT2D eigenvalue weighted by atomic mass is 16.5. The van der Waals surface area contributed by atoms with Gasteiger partial charge in [-0.15, -0.1) is 0 Å². The van der Waals surface area contributed by atoms with Crippen LogP contribution in [0.5, 0.6) is 23.0 Å². The highest BCUT2D eigenvalue weighted by Gasteiger charge is 2.23. The molecule has 0 bridgehead atoms. The molecule has 0 radical (unpaired) electrons. The maximum Gasteiger partial charge on any atom is 0.163 e. The fourth-order valence-electron chi connectivity index (χ4n) is 3.43. The lowest BCUT2D eigenvalue weighted by Crippen LogP contribution is -2.31. The molecule has 128 valence electrons. The van der Waals surface area contributed by atoms with Crippen LogP contribution in [0.4, 0.5) is 0 Å². The minimum atomic E-state index is -0.0778. The predicted octanol–water partition coefficient (Wildman–Crippen LogP) is 2.85. The lowest BCUT2D eigenvalue weighted by molar-refractivity contribution is 0.352. The van der Waals surface area contributed by atoms with Crippen LogP contribution >= 0.6 is 0 Å². The zero-order valence-electron chi connectivity index (χ0n) is 14.2. The number of phenolic OH excluding ortho intramolecular Hbond substituents is 2. The smallest absolute Gasteiger partial charge is 0.163 e. The second-order valence-corrected chi connectivity index (χ2v) is 6.15. The molecule has 3 N–H and O–H groups in total. The highest BCUT2D eigenvalue weighted by molar-refractivity contribution is 5.51. The minimum Gasteiger partial charge on any atom is -0.504 e. The van der Waals surface area contributed by atoms with Gasteiger partial charge in [0.1, 0.15) is 0 Å². The Kier molecular flexibility index (Phi) is 4.53. The van der Waals surface area contributed by atoms with Gasteiger partial charge in [-0.25, -0.2) is 0 Å². The van der Waals surface area contributed by atoms with Crippen molar-refractivity contribution >= 4 is 0 Å². The van der Waals surface area contributed by atoms with Crippen molar-refractivity contribution in [3.05, 3.63) is 46.5 Å². The molecule has 0 amide bonds. The molecule has 0 spiro atoms. The molecule has 0 aromatic heterocycles. The molecule has 3 rings (SSSR count). The van der Waals surface area contributed by atoms with Gasteiger partial charge in [-0.05, 0) is 66.8 Å². The molecule has 5 heteroatoms.